The van der Waals surface area contributed by atoms with Gasteiger partial charge in [-0.05, 0) is 35.1 Å². The van der Waals surface area contributed by atoms with Crippen LogP contribution < -0.4 is 5.32 Å². The summed E-state index contributed by atoms with van der Waals surface area (Å²) < 4.78 is 24.7. The Morgan fingerprint density at radius 1 is 1.47 bits per heavy atom. The van der Waals surface area contributed by atoms with E-state index in [1.807, 2.05) is 18.2 Å². The summed E-state index contributed by atoms with van der Waals surface area (Å²) in [4.78, 5) is 0. The number of aliphatic hydroxyl groups is 1. The molecule has 19 heavy (non-hydrogen) atoms. The van der Waals surface area contributed by atoms with Crippen molar-refractivity contribution in [1.82, 2.24) is 5.32 Å². The highest BCUT2D eigenvalue weighted by Gasteiger charge is 2.39. The fourth-order valence-corrected chi connectivity index (χ4v) is 2.90. The second-order valence-corrected chi connectivity index (χ2v) is 6.19. The first kappa shape index (κ1) is 14.7. The van der Waals surface area contributed by atoms with Gasteiger partial charge in [0.15, 0.2) is 0 Å². The van der Waals surface area contributed by atoms with E-state index in [9.17, 15) is 13.9 Å². The highest BCUT2D eigenvalue weighted by atomic mass is 35.5. The van der Waals surface area contributed by atoms with Gasteiger partial charge >= 0.3 is 0 Å². The number of rotatable bonds is 4. The molecule has 106 valence electrons. The highest BCUT2D eigenvalue weighted by molar-refractivity contribution is 6.30. The predicted molar refractivity (Wildman–Crippen MR) is 71.7 cm³/mol. The van der Waals surface area contributed by atoms with Crippen molar-refractivity contribution in [3.05, 3.63) is 34.3 Å². The van der Waals surface area contributed by atoms with Crippen LogP contribution in [-0.4, -0.2) is 24.2 Å². The van der Waals surface area contributed by atoms with Crippen LogP contribution in [0.3, 0.4) is 0 Å². The molecule has 1 aliphatic rings. The van der Waals surface area contributed by atoms with Crippen LogP contribution in [0, 0.1) is 5.41 Å². The number of halogens is 3. The van der Waals surface area contributed by atoms with E-state index in [-0.39, 0.29) is 18.0 Å². The van der Waals surface area contributed by atoms with E-state index in [0.29, 0.717) is 5.02 Å². The van der Waals surface area contributed by atoms with E-state index in [4.69, 9.17) is 11.6 Å². The van der Waals surface area contributed by atoms with Gasteiger partial charge in [0.1, 0.15) is 6.10 Å². The number of hydrogen-bond donors (Lipinski definition) is 2. The summed E-state index contributed by atoms with van der Waals surface area (Å²) in [5.41, 5.74) is 2.13. The Morgan fingerprint density at radius 2 is 2.16 bits per heavy atom. The molecule has 0 aliphatic heterocycles. The topological polar surface area (TPSA) is 32.3 Å². The summed E-state index contributed by atoms with van der Waals surface area (Å²) in [6, 6.07) is 5.62. The van der Waals surface area contributed by atoms with Crippen LogP contribution >= 0.6 is 11.6 Å². The van der Waals surface area contributed by atoms with Gasteiger partial charge in [0, 0.05) is 17.6 Å². The van der Waals surface area contributed by atoms with Crippen molar-refractivity contribution in [2.24, 2.45) is 5.41 Å². The predicted octanol–water partition coefficient (Wildman–Crippen LogP) is 3.18. The minimum Gasteiger partial charge on any atom is -0.386 e. The highest BCUT2D eigenvalue weighted by Crippen LogP contribution is 2.45. The lowest BCUT2D eigenvalue weighted by atomic mass is 9.85. The number of alkyl halides is 2. The fraction of sp³-hybridized carbons (Fsp3) is 0.571. The molecule has 0 aromatic heterocycles. The lowest BCUT2D eigenvalue weighted by molar-refractivity contribution is -0.00658. The van der Waals surface area contributed by atoms with Crippen LogP contribution in [0.15, 0.2) is 18.2 Å². The molecule has 2 nitrogen and oxygen atoms in total. The van der Waals surface area contributed by atoms with Crippen LogP contribution in [0.2, 0.25) is 5.02 Å². The van der Waals surface area contributed by atoms with Gasteiger partial charge in [0.25, 0.3) is 6.43 Å². The van der Waals surface area contributed by atoms with E-state index in [1.165, 1.54) is 5.56 Å². The molecule has 0 fully saturated rings. The van der Waals surface area contributed by atoms with Gasteiger partial charge in [0.2, 0.25) is 0 Å². The quantitative estimate of drug-likeness (QED) is 0.892. The SMILES string of the molecule is CC1(C)Cc2ccc(Cl)cc2C1NCC(O)C(F)F. The molecule has 2 N–H and O–H groups in total. The van der Waals surface area contributed by atoms with Gasteiger partial charge in [-0.1, -0.05) is 31.5 Å². The van der Waals surface area contributed by atoms with Crippen molar-refractivity contribution in [1.29, 1.82) is 0 Å². The molecule has 0 saturated heterocycles. The van der Waals surface area contributed by atoms with Crippen LogP contribution in [0.25, 0.3) is 0 Å². The maximum absolute atomic E-state index is 12.3. The van der Waals surface area contributed by atoms with Crippen molar-refractivity contribution in [2.45, 2.75) is 38.8 Å². The smallest absolute Gasteiger partial charge is 0.265 e. The van der Waals surface area contributed by atoms with Crippen LogP contribution in [0.1, 0.15) is 31.0 Å². The summed E-state index contributed by atoms with van der Waals surface area (Å²) in [6.45, 7) is 4.03. The number of fused-ring (bicyclic) bond motifs is 1. The van der Waals surface area contributed by atoms with Gasteiger partial charge in [-0.2, -0.15) is 0 Å². The Labute approximate surface area is 116 Å². The summed E-state index contributed by atoms with van der Waals surface area (Å²) in [5, 5.41) is 12.9. The maximum Gasteiger partial charge on any atom is 0.265 e. The molecule has 2 atom stereocenters. The number of nitrogens with one attached hydrogen (secondary N) is 1. The van der Waals surface area contributed by atoms with Crippen LogP contribution in [0.5, 0.6) is 0 Å². The fourth-order valence-electron chi connectivity index (χ4n) is 2.72. The van der Waals surface area contributed by atoms with E-state index in [1.54, 1.807) is 0 Å². The summed E-state index contributed by atoms with van der Waals surface area (Å²) >= 11 is 6.00. The number of hydrogen-bond acceptors (Lipinski definition) is 2. The normalized spacial score (nSPS) is 22.6. The Balaban J connectivity index is 2.17. The summed E-state index contributed by atoms with van der Waals surface area (Å²) in [6.07, 6.45) is -3.50. The molecular formula is C14H18ClF2NO. The molecule has 1 aromatic carbocycles. The van der Waals surface area contributed by atoms with E-state index in [2.05, 4.69) is 19.2 Å². The zero-order chi connectivity index (χ0) is 14.2. The second kappa shape index (κ2) is 5.35. The molecule has 2 rings (SSSR count). The average Bonchev–Trinajstić information content (AvgIpc) is 2.56. The Morgan fingerprint density at radius 3 is 2.79 bits per heavy atom. The minimum absolute atomic E-state index is 0.0744. The molecule has 0 heterocycles. The van der Waals surface area contributed by atoms with Crippen molar-refractivity contribution in [2.75, 3.05) is 6.54 Å². The lowest BCUT2D eigenvalue weighted by Gasteiger charge is -2.29. The molecule has 0 saturated carbocycles. The number of benzene rings is 1. The molecule has 0 spiro atoms. The first-order chi connectivity index (χ1) is 8.81. The lowest BCUT2D eigenvalue weighted by Crippen LogP contribution is -2.38. The standard InChI is InChI=1S/C14H18ClF2NO/c1-14(2)6-8-3-4-9(15)5-10(8)12(14)18-7-11(19)13(16)17/h3-5,11-13,18-19H,6-7H2,1-2H3. The Kier molecular flexibility index (Phi) is 4.14. The van der Waals surface area contributed by atoms with Crippen LogP contribution in [0.4, 0.5) is 8.78 Å². The largest absolute Gasteiger partial charge is 0.386 e. The molecule has 2 unspecified atom stereocenters. The molecule has 0 bridgehead atoms. The Bertz CT molecular complexity index is 465. The maximum atomic E-state index is 12.3. The molecule has 0 radical (unpaired) electrons. The zero-order valence-corrected chi connectivity index (χ0v) is 11.7. The molecule has 1 aromatic rings. The first-order valence-corrected chi connectivity index (χ1v) is 6.67. The van der Waals surface area contributed by atoms with E-state index >= 15 is 0 Å². The van der Waals surface area contributed by atoms with Crippen molar-refractivity contribution in [3.63, 3.8) is 0 Å². The average molecular weight is 290 g/mol. The molecular weight excluding hydrogens is 272 g/mol. The Hall–Kier alpha value is -0.710. The summed E-state index contributed by atoms with van der Waals surface area (Å²) in [7, 11) is 0. The van der Waals surface area contributed by atoms with E-state index < -0.39 is 12.5 Å². The molecule has 1 aliphatic carbocycles. The summed E-state index contributed by atoms with van der Waals surface area (Å²) in [5.74, 6) is 0. The van der Waals surface area contributed by atoms with Gasteiger partial charge in [0.05, 0.1) is 0 Å². The second-order valence-electron chi connectivity index (χ2n) is 5.75. The third-order valence-electron chi connectivity index (χ3n) is 3.67. The van der Waals surface area contributed by atoms with Crippen molar-refractivity contribution < 1.29 is 13.9 Å². The van der Waals surface area contributed by atoms with Gasteiger partial charge < -0.3 is 10.4 Å². The van der Waals surface area contributed by atoms with Crippen LogP contribution in [-0.2, 0) is 6.42 Å². The van der Waals surface area contributed by atoms with Crippen molar-refractivity contribution in [3.8, 4) is 0 Å². The monoisotopic (exact) mass is 289 g/mol. The number of aliphatic hydroxyl groups excluding tert-OH is 1. The van der Waals surface area contributed by atoms with Gasteiger partial charge in [-0.25, -0.2) is 8.78 Å². The van der Waals surface area contributed by atoms with Gasteiger partial charge in [-0.15, -0.1) is 0 Å². The third-order valence-corrected chi connectivity index (χ3v) is 3.90. The molecule has 5 heteroatoms. The van der Waals surface area contributed by atoms with E-state index in [0.717, 1.165) is 12.0 Å². The van der Waals surface area contributed by atoms with Gasteiger partial charge in [-0.3, -0.25) is 0 Å². The molecule has 0 amide bonds. The van der Waals surface area contributed by atoms with Crippen molar-refractivity contribution >= 4 is 11.6 Å². The third kappa shape index (κ3) is 3.07. The zero-order valence-electron chi connectivity index (χ0n) is 11.0. The first-order valence-electron chi connectivity index (χ1n) is 6.29. The minimum atomic E-state index is -2.73.